The summed E-state index contributed by atoms with van der Waals surface area (Å²) in [6.45, 7) is 42.1. The van der Waals surface area contributed by atoms with Crippen LogP contribution in [0, 0.1) is 118 Å². The van der Waals surface area contributed by atoms with Crippen molar-refractivity contribution in [2.45, 2.75) is 152 Å². The number of thiazole rings is 1. The maximum atomic E-state index is 4.85. The Bertz CT molecular complexity index is 2610. The molecule has 0 aromatic carbocycles. The first kappa shape index (κ1) is 73.7. The van der Waals surface area contributed by atoms with Crippen LogP contribution < -0.4 is 0 Å². The Labute approximate surface area is 506 Å². The number of aliphatic imine (C=N–C) groups is 3. The second-order valence-electron chi connectivity index (χ2n) is 19.7. The second-order valence-corrected chi connectivity index (χ2v) is 21.7. The van der Waals surface area contributed by atoms with Crippen molar-refractivity contribution >= 4 is 40.1 Å². The Morgan fingerprint density at radius 1 is 0.583 bits per heavy atom. The predicted molar refractivity (Wildman–Crippen MR) is 346 cm³/mol. The van der Waals surface area contributed by atoms with Crippen LogP contribution in [0.5, 0.6) is 0 Å². The topological polar surface area (TPSA) is 254 Å². The molecule has 10 aromatic heterocycles. The van der Waals surface area contributed by atoms with Gasteiger partial charge in [-0.1, -0.05) is 11.2 Å². The minimum absolute atomic E-state index is 0.734. The standard InChI is InChI=1S/3C6H9N.4C5H8N2.2C5H7NO.C5H7NS.C4H7N3.C4H6N2S/c1-5-3-6(2)7-4-5;2*1-5-3-4-6(2)7-5;1-5-3-7(2)4-6-5;1-5-3-4-7(2)6-5;1-4-3-6-5(2)7-4;1-4-3-5(2)7-6-4;1-4-3-7-5(2)6-4;1-4-3-5(2)7-6-4;1-4-3-7-5(2)6-4;1-4-5-3-7(2)6-4;1-3-5-4(2)7-6-3/h3-4,7H,1-2H3;3H,4H2,1-2H3;3-4,7H,1-2H3;2*3-4H,1-2H3;3H2,1-2H3;3H,1-2H3,(H,6,7);4*3H,1-2H3;1-2H3. The molecule has 0 fully saturated rings. The number of oxazole rings is 1. The normalized spacial score (nSPS) is 11.0. The van der Waals surface area contributed by atoms with Crippen LogP contribution in [0.2, 0.25) is 0 Å². The van der Waals surface area contributed by atoms with E-state index in [4.69, 9.17) is 8.94 Å². The van der Waals surface area contributed by atoms with Gasteiger partial charge in [-0.25, -0.2) is 29.9 Å². The molecule has 10 aromatic rings. The fraction of sp³-hybridized carbons (Fsp3) is 0.426. The Morgan fingerprint density at radius 2 is 1.27 bits per heavy atom. The summed E-state index contributed by atoms with van der Waals surface area (Å²) in [6, 6.07) is 12.1. The first-order valence-corrected chi connectivity index (χ1v) is 28.8. The monoisotopic (exact) mass is 1190 g/mol. The lowest BCUT2D eigenvalue weighted by molar-refractivity contribution is 0.393. The molecule has 12 heterocycles. The number of aryl methyl sites for hydroxylation is 20. The highest BCUT2D eigenvalue weighted by molar-refractivity contribution is 7.09. The van der Waals surface area contributed by atoms with Gasteiger partial charge in [0.25, 0.3) is 0 Å². The molecule has 0 unspecified atom stereocenters. The van der Waals surface area contributed by atoms with Gasteiger partial charge in [0.2, 0.25) is 0 Å². The highest BCUT2D eigenvalue weighted by atomic mass is 32.1. The summed E-state index contributed by atoms with van der Waals surface area (Å²) in [7, 11) is 5.72. The first-order chi connectivity index (χ1) is 39.5. The SMILES string of the molecule is CC1=CCC(C)=N1.CC1=NC(C)=NC1.Cc1c[nH]c(C)c1.Cc1cc(C)[nH]n1.Cc1cc(C)on1.Cc1ccc(C)[nH]1.Cc1ccn(C)n1.Cc1cn(C)cn1.Cc1coc(C)n1.Cc1csc(C)n1.Cc1ncn(C)n1.Cc1nsc(C)n1. The van der Waals surface area contributed by atoms with Gasteiger partial charge in [-0.2, -0.15) is 19.7 Å². The molecule has 12 rings (SSSR count). The van der Waals surface area contributed by atoms with Crippen molar-refractivity contribution in [2.75, 3.05) is 6.54 Å². The van der Waals surface area contributed by atoms with Gasteiger partial charge in [-0.3, -0.25) is 24.4 Å². The quantitative estimate of drug-likeness (QED) is 0.128. The van der Waals surface area contributed by atoms with Crippen LogP contribution in [0.25, 0.3) is 0 Å². The van der Waals surface area contributed by atoms with Crippen LogP contribution >= 0.6 is 22.9 Å². The molecule has 23 heteroatoms. The fourth-order valence-electron chi connectivity index (χ4n) is 6.47. The summed E-state index contributed by atoms with van der Waals surface area (Å²) in [5.74, 6) is 4.22. The van der Waals surface area contributed by atoms with Crippen molar-refractivity contribution in [3.05, 3.63) is 187 Å². The molecule has 0 amide bonds. The molecule has 0 saturated heterocycles. The summed E-state index contributed by atoms with van der Waals surface area (Å²) in [5, 5.41) is 22.5. The Morgan fingerprint density at radius 3 is 1.42 bits per heavy atom. The number of aromatic amines is 3. The lowest BCUT2D eigenvalue weighted by Crippen LogP contribution is -1.87. The Kier molecular flexibility index (Phi) is 35.8. The molecule has 0 aliphatic carbocycles. The van der Waals surface area contributed by atoms with Gasteiger partial charge < -0.3 is 23.5 Å². The van der Waals surface area contributed by atoms with Gasteiger partial charge in [-0.15, -0.1) is 11.3 Å². The molecule has 2 aliphatic heterocycles. The van der Waals surface area contributed by atoms with Crippen LogP contribution in [-0.2, 0) is 21.1 Å². The summed E-state index contributed by atoms with van der Waals surface area (Å²) < 4.78 is 18.9. The number of H-pyrrole nitrogens is 3. The molecule has 0 spiro atoms. The molecule has 0 radical (unpaired) electrons. The van der Waals surface area contributed by atoms with Crippen LogP contribution in [0.15, 0.2) is 115 Å². The number of nitrogens with zero attached hydrogens (tertiary/aromatic N) is 16. The summed E-state index contributed by atoms with van der Waals surface area (Å²) in [4.78, 5) is 38.4. The van der Waals surface area contributed by atoms with Crippen molar-refractivity contribution in [3.63, 3.8) is 0 Å². The number of imidazole rings is 1. The van der Waals surface area contributed by atoms with Gasteiger partial charge in [0.15, 0.2) is 5.89 Å². The Hall–Kier alpha value is -8.31. The molecule has 456 valence electrons. The van der Waals surface area contributed by atoms with Crippen LogP contribution in [0.3, 0.4) is 0 Å². The zero-order valence-electron chi connectivity index (χ0n) is 54.3. The third-order valence-corrected chi connectivity index (χ3v) is 11.6. The smallest absolute Gasteiger partial charge is 0.191 e. The molecule has 21 nitrogen and oxygen atoms in total. The zero-order chi connectivity index (χ0) is 63.3. The van der Waals surface area contributed by atoms with Gasteiger partial charge in [0.05, 0.1) is 46.3 Å². The number of nitrogens with one attached hydrogen (secondary N) is 3. The molecule has 2 aliphatic rings. The number of rotatable bonds is 0. The van der Waals surface area contributed by atoms with Crippen LogP contribution in [0.4, 0.5) is 0 Å². The number of hydrogen-bond donors (Lipinski definition) is 3. The molecule has 0 bridgehead atoms. The number of hydrogen-bond acceptors (Lipinski definition) is 17. The number of allylic oxidation sites excluding steroid dienone is 2. The second kappa shape index (κ2) is 40.8. The fourth-order valence-corrected chi connectivity index (χ4v) is 7.54. The third-order valence-electron chi connectivity index (χ3n) is 9.97. The number of aromatic nitrogens is 16. The average Bonchev–Trinajstić information content (AvgIpc) is 4.22. The minimum Gasteiger partial charge on any atom is -0.449 e. The van der Waals surface area contributed by atoms with E-state index in [0.29, 0.717) is 0 Å². The largest absolute Gasteiger partial charge is 0.449 e. The molecule has 3 N–H and O–H groups in total. The maximum absolute atomic E-state index is 4.85. The van der Waals surface area contributed by atoms with E-state index in [1.165, 1.54) is 39.9 Å². The van der Waals surface area contributed by atoms with Crippen LogP contribution in [0.1, 0.15) is 130 Å². The van der Waals surface area contributed by atoms with E-state index in [9.17, 15) is 0 Å². The lowest BCUT2D eigenvalue weighted by Gasteiger charge is -1.79. The van der Waals surface area contributed by atoms with E-state index < -0.39 is 0 Å². The average molecular weight is 1190 g/mol. The van der Waals surface area contributed by atoms with Crippen molar-refractivity contribution in [2.24, 2.45) is 36.1 Å². The molecular formula is C61H93N19O2S2. The Balaban J connectivity index is 0.000000458. The minimum atomic E-state index is 0.734. The van der Waals surface area contributed by atoms with Gasteiger partial charge in [-0.05, 0) is 186 Å². The summed E-state index contributed by atoms with van der Waals surface area (Å²) in [6.07, 6.45) is 14.2. The van der Waals surface area contributed by atoms with E-state index in [-0.39, 0.29) is 0 Å². The van der Waals surface area contributed by atoms with Gasteiger partial charge in [0, 0.05) is 110 Å². The van der Waals surface area contributed by atoms with E-state index in [2.05, 4.69) is 116 Å². The van der Waals surface area contributed by atoms with E-state index >= 15 is 0 Å². The van der Waals surface area contributed by atoms with Crippen molar-refractivity contribution in [1.82, 2.24) is 78.7 Å². The third kappa shape index (κ3) is 39.2. The van der Waals surface area contributed by atoms with E-state index in [1.807, 2.05) is 201 Å². The van der Waals surface area contributed by atoms with E-state index in [1.54, 1.807) is 39.6 Å². The highest BCUT2D eigenvalue weighted by Gasteiger charge is 1.98. The first-order valence-electron chi connectivity index (χ1n) is 27.1. The molecule has 84 heavy (non-hydrogen) atoms. The highest BCUT2D eigenvalue weighted by Crippen LogP contribution is 2.08. The van der Waals surface area contributed by atoms with Gasteiger partial charge >= 0.3 is 0 Å². The summed E-state index contributed by atoms with van der Waals surface area (Å²) >= 11 is 3.14. The van der Waals surface area contributed by atoms with Crippen molar-refractivity contribution in [3.8, 4) is 0 Å². The molecular weight excluding hydrogens is 1090 g/mol. The van der Waals surface area contributed by atoms with Crippen molar-refractivity contribution in [1.29, 1.82) is 0 Å². The lowest BCUT2D eigenvalue weighted by atomic mass is 10.3. The summed E-state index contributed by atoms with van der Waals surface area (Å²) in [5.41, 5.74) is 15.9. The predicted octanol–water partition coefficient (Wildman–Crippen LogP) is 14.0. The van der Waals surface area contributed by atoms with Gasteiger partial charge in [0.1, 0.15) is 40.8 Å². The van der Waals surface area contributed by atoms with Crippen molar-refractivity contribution < 1.29 is 8.94 Å². The number of amidine groups is 1. The molecule has 0 atom stereocenters. The van der Waals surface area contributed by atoms with E-state index in [0.717, 1.165) is 103 Å². The van der Waals surface area contributed by atoms with Crippen LogP contribution in [-0.4, -0.2) is 103 Å². The maximum Gasteiger partial charge on any atom is 0.191 e. The molecule has 0 saturated carbocycles. The zero-order valence-corrected chi connectivity index (χ0v) is 55.9.